The van der Waals surface area contributed by atoms with Crippen molar-refractivity contribution in [1.82, 2.24) is 18.3 Å². The Kier molecular flexibility index (Phi) is 16.6. The molecule has 0 saturated heterocycles. The van der Waals surface area contributed by atoms with E-state index in [0.717, 1.165) is 170 Å². The van der Waals surface area contributed by atoms with Gasteiger partial charge in [-0.3, -0.25) is 0 Å². The molecule has 0 amide bonds. The summed E-state index contributed by atoms with van der Waals surface area (Å²) in [5.74, 6) is 0. The average Bonchev–Trinajstić information content (AvgIpc) is 1.58. The standard InChI is InChI=1S/C54H32N2O2.C30H20BNO3.C24H14BrNO.CH4/c1-6-16-47-39(11-1)40-12-2-7-17-48(40)55(47)37-23-26-54-46(32-37)45-31-34(22-25-53(45)58-54)36-27-35(33-21-24-52-44(30-33)43-15-5-10-20-51(43)57-52)28-38(29-36)56-49-18-8-3-13-41(49)42-14-4-9-19-50(42)56;33-31(34)21-15-20(19-13-14-30-26(17-19)25-9-3-6-12-29(25)35-30)16-22(18-21)32-27-10-4-1-7-23(27)24-8-2-5-11-28(24)32;25-15-9-11-23-19(13-15)20-14-16(10-12-24(20)27-23)26-21-7-3-1-5-17(21)18-6-2-4-8-22(18)26;/h1-32H;1-18,33-34H;1-14H;1H4. The SMILES string of the molecule is Brc1ccc2oc3ccc(-n4c5ccccc5c5ccccc54)cc3c2c1.C.OB(O)c1cc(-c2ccc3oc4ccccc4c3c2)cc(-n2c3ccccc3c3ccccc32)c1.c1ccc2c(c1)oc1ccc(-c3cc(-c4ccc5oc6ccc(-n7c8ccccc8c8ccccc87)cc6c5c4)cc(-n4c5ccccc5c5ccccc54)c3)cc12. The Morgan fingerprint density at radius 2 is 0.430 bits per heavy atom. The van der Waals surface area contributed by atoms with Gasteiger partial charge in [-0.25, -0.2) is 0 Å². The monoisotopic (exact) mass is 1620 g/mol. The van der Waals surface area contributed by atoms with E-state index in [1.54, 1.807) is 0 Å². The van der Waals surface area contributed by atoms with E-state index in [1.165, 1.54) is 65.4 Å². The number of hydrogen-bond acceptors (Lipinski definition) is 6. The molecule has 0 unspecified atom stereocenters. The van der Waals surface area contributed by atoms with Gasteiger partial charge < -0.3 is 46.0 Å². The number of furan rings is 4. The van der Waals surface area contributed by atoms with E-state index in [4.69, 9.17) is 17.7 Å². The highest BCUT2D eigenvalue weighted by atomic mass is 79.9. The molecular formula is C109H70BBrN4O6. The number of benzene rings is 18. The molecule has 0 fully saturated rings. The van der Waals surface area contributed by atoms with Gasteiger partial charge in [0.15, 0.2) is 0 Å². The zero-order chi connectivity index (χ0) is 79.4. The fraction of sp³-hybridized carbons (Fsp3) is 0.00917. The number of nitrogens with zero attached hydrogens (tertiary/aromatic N) is 4. The minimum absolute atomic E-state index is 0. The summed E-state index contributed by atoms with van der Waals surface area (Å²) in [6.07, 6.45) is 0. The lowest BCUT2D eigenvalue weighted by Crippen LogP contribution is -2.30. The van der Waals surface area contributed by atoms with Crippen LogP contribution in [0.3, 0.4) is 0 Å². The lowest BCUT2D eigenvalue weighted by atomic mass is 9.78. The van der Waals surface area contributed by atoms with Crippen LogP contribution in [-0.4, -0.2) is 35.4 Å². The maximum absolute atomic E-state index is 10.2. The molecule has 18 aromatic carbocycles. The fourth-order valence-corrected chi connectivity index (χ4v) is 19.1. The molecule has 26 aromatic rings. The predicted molar refractivity (Wildman–Crippen MR) is 506 cm³/mol. The van der Waals surface area contributed by atoms with Gasteiger partial charge in [0.05, 0.1) is 44.1 Å². The zero-order valence-corrected chi connectivity index (χ0v) is 65.8. The van der Waals surface area contributed by atoms with Gasteiger partial charge in [0.2, 0.25) is 0 Å². The highest BCUT2D eigenvalue weighted by Gasteiger charge is 2.23. The van der Waals surface area contributed by atoms with E-state index >= 15 is 0 Å². The summed E-state index contributed by atoms with van der Waals surface area (Å²) in [4.78, 5) is 0. The summed E-state index contributed by atoms with van der Waals surface area (Å²) in [5, 5.41) is 38.9. The first-order valence-electron chi connectivity index (χ1n) is 40.2. The molecule has 0 aliphatic heterocycles. The topological polar surface area (TPSA) is 113 Å². The van der Waals surface area contributed by atoms with E-state index in [9.17, 15) is 10.0 Å². The third-order valence-corrected chi connectivity index (χ3v) is 24.6. The first-order valence-corrected chi connectivity index (χ1v) is 41.0. The maximum atomic E-state index is 10.2. The highest BCUT2D eigenvalue weighted by Crippen LogP contribution is 2.44. The van der Waals surface area contributed by atoms with Gasteiger partial charge in [-0.1, -0.05) is 230 Å². The van der Waals surface area contributed by atoms with Crippen LogP contribution in [0.25, 0.3) is 231 Å². The van der Waals surface area contributed by atoms with Gasteiger partial charge in [0, 0.05) is 113 Å². The van der Waals surface area contributed by atoms with Crippen molar-refractivity contribution in [2.75, 3.05) is 0 Å². The summed E-state index contributed by atoms with van der Waals surface area (Å²) in [7, 11) is -1.58. The lowest BCUT2D eigenvalue weighted by Gasteiger charge is -2.14. The van der Waals surface area contributed by atoms with Gasteiger partial charge in [-0.15, -0.1) is 0 Å². The van der Waals surface area contributed by atoms with E-state index in [1.807, 2.05) is 91.0 Å². The van der Waals surface area contributed by atoms with Gasteiger partial charge in [-0.05, 0) is 221 Å². The van der Waals surface area contributed by atoms with Crippen molar-refractivity contribution in [3.8, 4) is 56.1 Å². The van der Waals surface area contributed by atoms with Gasteiger partial charge in [0.25, 0.3) is 0 Å². The van der Waals surface area contributed by atoms with E-state index in [2.05, 4.69) is 331 Å². The molecule has 121 heavy (non-hydrogen) atoms. The molecule has 0 saturated carbocycles. The summed E-state index contributed by atoms with van der Waals surface area (Å²) >= 11 is 3.58. The van der Waals surface area contributed by atoms with Crippen LogP contribution in [-0.2, 0) is 0 Å². The quantitative estimate of drug-likeness (QED) is 0.147. The summed E-state index contributed by atoms with van der Waals surface area (Å²) < 4.78 is 35.1. The molecular weight excluding hydrogens is 1550 g/mol. The normalized spacial score (nSPS) is 11.9. The molecule has 0 bridgehead atoms. The van der Waals surface area contributed by atoms with Crippen LogP contribution in [0, 0.1) is 0 Å². The van der Waals surface area contributed by atoms with Crippen LogP contribution in [0.4, 0.5) is 0 Å². The first-order chi connectivity index (χ1) is 59.2. The largest absolute Gasteiger partial charge is 0.488 e. The number of para-hydroxylation sites is 10. The molecule has 2 N–H and O–H groups in total. The maximum Gasteiger partial charge on any atom is 0.488 e. The van der Waals surface area contributed by atoms with Crippen LogP contribution >= 0.6 is 15.9 Å². The first kappa shape index (κ1) is 71.2. The van der Waals surface area contributed by atoms with E-state index in [-0.39, 0.29) is 7.43 Å². The molecule has 26 rings (SSSR count). The second-order valence-corrected chi connectivity index (χ2v) is 31.9. The van der Waals surface area contributed by atoms with Crippen LogP contribution in [0.1, 0.15) is 7.43 Å². The van der Waals surface area contributed by atoms with Gasteiger partial charge in [0.1, 0.15) is 44.7 Å². The molecule has 0 spiro atoms. The van der Waals surface area contributed by atoms with Crippen molar-refractivity contribution in [3.63, 3.8) is 0 Å². The van der Waals surface area contributed by atoms with Crippen LogP contribution in [0.2, 0.25) is 0 Å². The van der Waals surface area contributed by atoms with Gasteiger partial charge in [-0.2, -0.15) is 0 Å². The van der Waals surface area contributed by atoms with Crippen molar-refractivity contribution in [1.29, 1.82) is 0 Å². The highest BCUT2D eigenvalue weighted by molar-refractivity contribution is 9.10. The summed E-state index contributed by atoms with van der Waals surface area (Å²) in [6, 6.07) is 136. The van der Waals surface area contributed by atoms with Crippen molar-refractivity contribution in [3.05, 3.63) is 393 Å². The minimum atomic E-state index is -1.58. The second kappa shape index (κ2) is 28.3. The van der Waals surface area contributed by atoms with Gasteiger partial charge >= 0.3 is 7.12 Å². The van der Waals surface area contributed by atoms with Crippen LogP contribution < -0.4 is 5.46 Å². The number of fused-ring (bicyclic) bond motifs is 24. The van der Waals surface area contributed by atoms with Crippen LogP contribution in [0.15, 0.2) is 410 Å². The molecule has 0 aliphatic rings. The molecule has 8 aromatic heterocycles. The average molecular weight is 1620 g/mol. The number of aromatic nitrogens is 4. The third-order valence-electron chi connectivity index (χ3n) is 24.1. The smallest absolute Gasteiger partial charge is 0.456 e. The number of hydrogen-bond donors (Lipinski definition) is 2. The Labute approximate surface area is 700 Å². The minimum Gasteiger partial charge on any atom is -0.456 e. The van der Waals surface area contributed by atoms with Crippen molar-refractivity contribution >= 4 is 203 Å². The van der Waals surface area contributed by atoms with Crippen LogP contribution in [0.5, 0.6) is 0 Å². The summed E-state index contributed by atoms with van der Waals surface area (Å²) in [6.45, 7) is 0. The summed E-state index contributed by atoms with van der Waals surface area (Å²) in [5.41, 5.74) is 27.4. The van der Waals surface area contributed by atoms with Crippen molar-refractivity contribution in [2.45, 2.75) is 7.43 Å². The fourth-order valence-electron chi connectivity index (χ4n) is 18.7. The second-order valence-electron chi connectivity index (χ2n) is 31.0. The van der Waals surface area contributed by atoms with E-state index < -0.39 is 7.12 Å². The Morgan fingerprint density at radius 1 is 0.190 bits per heavy atom. The predicted octanol–water partition coefficient (Wildman–Crippen LogP) is 29.1. The molecule has 0 radical (unpaired) electrons. The number of rotatable bonds is 8. The molecule has 0 atom stereocenters. The Bertz CT molecular complexity index is 8510. The molecule has 0 aliphatic carbocycles. The Morgan fingerprint density at radius 3 is 0.760 bits per heavy atom. The Hall–Kier alpha value is -15.2. The molecule has 8 heterocycles. The van der Waals surface area contributed by atoms with E-state index in [0.29, 0.717) is 5.46 Å². The number of halogens is 1. The molecule has 12 heteroatoms. The molecule has 10 nitrogen and oxygen atoms in total. The third kappa shape index (κ3) is 11.6. The van der Waals surface area contributed by atoms with Crippen molar-refractivity contribution < 1.29 is 27.7 Å². The van der Waals surface area contributed by atoms with Crippen molar-refractivity contribution in [2.24, 2.45) is 0 Å². The Balaban J connectivity index is 0.000000115. The molecule has 572 valence electrons. The zero-order valence-electron chi connectivity index (χ0n) is 64.2. The lowest BCUT2D eigenvalue weighted by molar-refractivity contribution is 0.425.